The molecule has 104 valence electrons. The molecule has 4 nitrogen and oxygen atoms in total. The van der Waals surface area contributed by atoms with E-state index in [2.05, 4.69) is 29.9 Å². The number of ether oxygens (including phenoxy) is 1. The van der Waals surface area contributed by atoms with Crippen LogP contribution in [0.15, 0.2) is 18.2 Å². The standard InChI is InChI=1S/C16H19N3O/c1-9-4-7-12(15(20-3)10(9)2)13-8-14(17)19-16(18-13)11-5-6-11/h4,7-8,11H,5-6H2,1-3H3,(H2,17,18,19). The lowest BCUT2D eigenvalue weighted by Gasteiger charge is -2.14. The van der Waals surface area contributed by atoms with Crippen molar-refractivity contribution in [3.63, 3.8) is 0 Å². The lowest BCUT2D eigenvalue weighted by molar-refractivity contribution is 0.413. The van der Waals surface area contributed by atoms with Crippen molar-refractivity contribution in [1.82, 2.24) is 9.97 Å². The fourth-order valence-electron chi connectivity index (χ4n) is 2.40. The fraction of sp³-hybridized carbons (Fsp3) is 0.375. The van der Waals surface area contributed by atoms with E-state index < -0.39 is 0 Å². The van der Waals surface area contributed by atoms with Crippen LogP contribution in [-0.4, -0.2) is 17.1 Å². The van der Waals surface area contributed by atoms with E-state index in [4.69, 9.17) is 10.5 Å². The van der Waals surface area contributed by atoms with Gasteiger partial charge in [0.1, 0.15) is 17.4 Å². The molecule has 2 aromatic rings. The molecule has 1 aromatic carbocycles. The van der Waals surface area contributed by atoms with Gasteiger partial charge in [-0.3, -0.25) is 0 Å². The van der Waals surface area contributed by atoms with Crippen LogP contribution >= 0.6 is 0 Å². The van der Waals surface area contributed by atoms with E-state index in [1.807, 2.05) is 12.1 Å². The molecule has 0 spiro atoms. The second-order valence-electron chi connectivity index (χ2n) is 5.40. The SMILES string of the molecule is COc1c(-c2cc(N)nc(C3CC3)n2)ccc(C)c1C. The smallest absolute Gasteiger partial charge is 0.134 e. The van der Waals surface area contributed by atoms with Crippen molar-refractivity contribution in [3.8, 4) is 17.0 Å². The zero-order chi connectivity index (χ0) is 14.3. The molecule has 1 aromatic heterocycles. The number of aryl methyl sites for hydroxylation is 1. The Morgan fingerprint density at radius 1 is 1.20 bits per heavy atom. The number of nitrogen functional groups attached to an aromatic ring is 1. The number of benzene rings is 1. The Kier molecular flexibility index (Phi) is 3.08. The minimum atomic E-state index is 0.481. The van der Waals surface area contributed by atoms with E-state index in [0.717, 1.165) is 41.2 Å². The first-order valence-electron chi connectivity index (χ1n) is 6.89. The molecule has 1 aliphatic rings. The Bertz CT molecular complexity index is 663. The summed E-state index contributed by atoms with van der Waals surface area (Å²) in [4.78, 5) is 9.02. The second-order valence-corrected chi connectivity index (χ2v) is 5.40. The molecular formula is C16H19N3O. The van der Waals surface area contributed by atoms with Gasteiger partial charge in [-0.15, -0.1) is 0 Å². The van der Waals surface area contributed by atoms with Gasteiger partial charge in [0.05, 0.1) is 12.8 Å². The summed E-state index contributed by atoms with van der Waals surface area (Å²) in [7, 11) is 1.69. The Morgan fingerprint density at radius 2 is 1.95 bits per heavy atom. The number of hydrogen-bond acceptors (Lipinski definition) is 4. The van der Waals surface area contributed by atoms with Gasteiger partial charge in [-0.05, 0) is 43.9 Å². The van der Waals surface area contributed by atoms with E-state index in [1.54, 1.807) is 7.11 Å². The van der Waals surface area contributed by atoms with Crippen LogP contribution in [0, 0.1) is 13.8 Å². The third-order valence-corrected chi connectivity index (χ3v) is 3.86. The van der Waals surface area contributed by atoms with E-state index in [9.17, 15) is 0 Å². The summed E-state index contributed by atoms with van der Waals surface area (Å²) in [6, 6.07) is 5.94. The maximum atomic E-state index is 5.93. The van der Waals surface area contributed by atoms with E-state index >= 15 is 0 Å². The second kappa shape index (κ2) is 4.78. The summed E-state index contributed by atoms with van der Waals surface area (Å²) in [6.07, 6.45) is 2.32. The molecule has 1 fully saturated rings. The highest BCUT2D eigenvalue weighted by molar-refractivity contribution is 5.71. The molecule has 0 aliphatic heterocycles. The highest BCUT2D eigenvalue weighted by Gasteiger charge is 2.27. The Balaban J connectivity index is 2.15. The van der Waals surface area contributed by atoms with Crippen molar-refractivity contribution in [3.05, 3.63) is 35.2 Å². The van der Waals surface area contributed by atoms with Crippen molar-refractivity contribution < 1.29 is 4.74 Å². The summed E-state index contributed by atoms with van der Waals surface area (Å²) in [5, 5.41) is 0. The molecule has 0 radical (unpaired) electrons. The zero-order valence-corrected chi connectivity index (χ0v) is 12.1. The number of hydrogen-bond donors (Lipinski definition) is 1. The highest BCUT2D eigenvalue weighted by atomic mass is 16.5. The van der Waals surface area contributed by atoms with Crippen LogP contribution in [0.2, 0.25) is 0 Å². The quantitative estimate of drug-likeness (QED) is 0.929. The predicted molar refractivity (Wildman–Crippen MR) is 79.9 cm³/mol. The van der Waals surface area contributed by atoms with E-state index in [1.165, 1.54) is 5.56 Å². The molecule has 0 saturated heterocycles. The number of anilines is 1. The number of rotatable bonds is 3. The average molecular weight is 269 g/mol. The van der Waals surface area contributed by atoms with Crippen LogP contribution in [0.3, 0.4) is 0 Å². The van der Waals surface area contributed by atoms with Crippen LogP contribution in [0.25, 0.3) is 11.3 Å². The third kappa shape index (κ3) is 2.22. The minimum absolute atomic E-state index is 0.481. The topological polar surface area (TPSA) is 61.0 Å². The normalized spacial score (nSPS) is 14.3. The molecule has 0 bridgehead atoms. The van der Waals surface area contributed by atoms with Crippen molar-refractivity contribution in [2.75, 3.05) is 12.8 Å². The number of methoxy groups -OCH3 is 1. The molecule has 0 atom stereocenters. The molecule has 20 heavy (non-hydrogen) atoms. The predicted octanol–water partition coefficient (Wildman–Crippen LogP) is 3.23. The van der Waals surface area contributed by atoms with Gasteiger partial charge < -0.3 is 10.5 Å². The molecule has 3 rings (SSSR count). The van der Waals surface area contributed by atoms with Crippen molar-refractivity contribution >= 4 is 5.82 Å². The molecule has 4 heteroatoms. The van der Waals surface area contributed by atoms with Gasteiger partial charge in [0.25, 0.3) is 0 Å². The summed E-state index contributed by atoms with van der Waals surface area (Å²) >= 11 is 0. The Morgan fingerprint density at radius 3 is 2.60 bits per heavy atom. The average Bonchev–Trinajstić information content (AvgIpc) is 3.25. The summed E-state index contributed by atoms with van der Waals surface area (Å²) in [5.41, 5.74) is 10.1. The molecule has 2 N–H and O–H groups in total. The van der Waals surface area contributed by atoms with Gasteiger partial charge in [-0.25, -0.2) is 9.97 Å². The number of aromatic nitrogens is 2. The lowest BCUT2D eigenvalue weighted by Crippen LogP contribution is -2.01. The summed E-state index contributed by atoms with van der Waals surface area (Å²) in [6.45, 7) is 4.13. The summed E-state index contributed by atoms with van der Waals surface area (Å²) in [5.74, 6) is 2.73. The number of nitrogens with two attached hydrogens (primary N) is 1. The van der Waals surface area contributed by atoms with Crippen LogP contribution in [0.4, 0.5) is 5.82 Å². The number of nitrogens with zero attached hydrogens (tertiary/aromatic N) is 2. The first kappa shape index (κ1) is 12.9. The van der Waals surface area contributed by atoms with Crippen LogP contribution < -0.4 is 10.5 Å². The van der Waals surface area contributed by atoms with Gasteiger partial charge in [0.2, 0.25) is 0 Å². The maximum absolute atomic E-state index is 5.93. The van der Waals surface area contributed by atoms with Crippen molar-refractivity contribution in [2.24, 2.45) is 0 Å². The minimum Gasteiger partial charge on any atom is -0.496 e. The monoisotopic (exact) mass is 269 g/mol. The van der Waals surface area contributed by atoms with Crippen LogP contribution in [0.5, 0.6) is 5.75 Å². The fourth-order valence-corrected chi connectivity index (χ4v) is 2.40. The summed E-state index contributed by atoms with van der Waals surface area (Å²) < 4.78 is 5.57. The Labute approximate surface area is 119 Å². The van der Waals surface area contributed by atoms with Gasteiger partial charge in [0.15, 0.2) is 0 Å². The molecular weight excluding hydrogens is 250 g/mol. The molecule has 0 amide bonds. The van der Waals surface area contributed by atoms with Crippen LogP contribution in [-0.2, 0) is 0 Å². The van der Waals surface area contributed by atoms with E-state index in [0.29, 0.717) is 11.7 Å². The molecule has 1 aliphatic carbocycles. The largest absolute Gasteiger partial charge is 0.496 e. The van der Waals surface area contributed by atoms with Crippen molar-refractivity contribution in [1.29, 1.82) is 0 Å². The molecule has 1 heterocycles. The Hall–Kier alpha value is -2.10. The molecule has 1 saturated carbocycles. The van der Waals surface area contributed by atoms with Gasteiger partial charge >= 0.3 is 0 Å². The van der Waals surface area contributed by atoms with Gasteiger partial charge in [-0.2, -0.15) is 0 Å². The van der Waals surface area contributed by atoms with Gasteiger partial charge in [0, 0.05) is 17.5 Å². The lowest BCUT2D eigenvalue weighted by atomic mass is 10.0. The van der Waals surface area contributed by atoms with E-state index in [-0.39, 0.29) is 0 Å². The van der Waals surface area contributed by atoms with Gasteiger partial charge in [-0.1, -0.05) is 6.07 Å². The van der Waals surface area contributed by atoms with Crippen molar-refractivity contribution in [2.45, 2.75) is 32.6 Å². The first-order valence-corrected chi connectivity index (χ1v) is 6.89. The molecule has 0 unspecified atom stereocenters. The zero-order valence-electron chi connectivity index (χ0n) is 12.1. The third-order valence-electron chi connectivity index (χ3n) is 3.86. The van der Waals surface area contributed by atoms with Crippen LogP contribution in [0.1, 0.15) is 35.7 Å². The first-order chi connectivity index (χ1) is 9.60. The maximum Gasteiger partial charge on any atom is 0.134 e. The highest BCUT2D eigenvalue weighted by Crippen LogP contribution is 2.40.